The lowest BCUT2D eigenvalue weighted by Crippen LogP contribution is -2.20. The van der Waals surface area contributed by atoms with Crippen LogP contribution in [0.2, 0.25) is 0 Å². The minimum Gasteiger partial charge on any atom is -0.383 e. The molecule has 0 bridgehead atoms. The Hall–Kier alpha value is -1.62. The monoisotopic (exact) mass is 210 g/mol. The van der Waals surface area contributed by atoms with Gasteiger partial charge >= 0.3 is 0 Å². The van der Waals surface area contributed by atoms with Crippen LogP contribution in [0, 0.1) is 10.1 Å². The van der Waals surface area contributed by atoms with Crippen molar-refractivity contribution in [2.24, 2.45) is 0 Å². The van der Waals surface area contributed by atoms with Crippen LogP contribution < -0.4 is 5.32 Å². The highest BCUT2D eigenvalue weighted by Crippen LogP contribution is 2.15. The van der Waals surface area contributed by atoms with E-state index in [0.717, 1.165) is 5.69 Å². The van der Waals surface area contributed by atoms with Crippen molar-refractivity contribution in [3.8, 4) is 0 Å². The van der Waals surface area contributed by atoms with Crippen LogP contribution in [0.15, 0.2) is 24.3 Å². The van der Waals surface area contributed by atoms with E-state index in [1.807, 2.05) is 6.92 Å². The van der Waals surface area contributed by atoms with Crippen LogP contribution >= 0.6 is 0 Å². The van der Waals surface area contributed by atoms with Gasteiger partial charge in [0, 0.05) is 31.0 Å². The van der Waals surface area contributed by atoms with Gasteiger partial charge in [0.1, 0.15) is 0 Å². The van der Waals surface area contributed by atoms with Crippen molar-refractivity contribution in [3.63, 3.8) is 0 Å². The molecule has 15 heavy (non-hydrogen) atoms. The second-order valence-corrected chi connectivity index (χ2v) is 3.30. The molecule has 0 fully saturated rings. The number of rotatable bonds is 5. The number of benzene rings is 1. The highest BCUT2D eigenvalue weighted by Gasteiger charge is 2.05. The maximum atomic E-state index is 10.4. The van der Waals surface area contributed by atoms with Crippen molar-refractivity contribution in [2.75, 3.05) is 19.0 Å². The first-order chi connectivity index (χ1) is 7.13. The molecule has 5 heteroatoms. The van der Waals surface area contributed by atoms with Crippen molar-refractivity contribution >= 4 is 11.4 Å². The van der Waals surface area contributed by atoms with Crippen LogP contribution in [0.25, 0.3) is 0 Å². The topological polar surface area (TPSA) is 64.4 Å². The van der Waals surface area contributed by atoms with E-state index in [9.17, 15) is 10.1 Å². The number of hydrogen-bond donors (Lipinski definition) is 1. The van der Waals surface area contributed by atoms with E-state index in [2.05, 4.69) is 5.32 Å². The molecule has 0 amide bonds. The molecule has 1 aromatic carbocycles. The van der Waals surface area contributed by atoms with Gasteiger partial charge in [0.2, 0.25) is 0 Å². The molecule has 0 spiro atoms. The summed E-state index contributed by atoms with van der Waals surface area (Å²) in [5, 5.41) is 13.6. The van der Waals surface area contributed by atoms with Gasteiger partial charge in [-0.25, -0.2) is 0 Å². The van der Waals surface area contributed by atoms with Gasteiger partial charge in [-0.3, -0.25) is 10.1 Å². The van der Waals surface area contributed by atoms with Crippen LogP contribution in [0.5, 0.6) is 0 Å². The van der Waals surface area contributed by atoms with Crippen LogP contribution in [0.4, 0.5) is 11.4 Å². The van der Waals surface area contributed by atoms with Gasteiger partial charge in [-0.15, -0.1) is 0 Å². The molecule has 0 aromatic heterocycles. The third-order valence-corrected chi connectivity index (χ3v) is 1.91. The SMILES string of the molecule is COC[C@H](C)Nc1ccc([N+](=O)[O-])cc1. The fraction of sp³-hybridized carbons (Fsp3) is 0.400. The number of nitrogens with one attached hydrogen (secondary N) is 1. The van der Waals surface area contributed by atoms with E-state index >= 15 is 0 Å². The maximum Gasteiger partial charge on any atom is 0.269 e. The molecule has 1 rings (SSSR count). The molecule has 82 valence electrons. The Morgan fingerprint density at radius 1 is 1.47 bits per heavy atom. The third kappa shape index (κ3) is 3.55. The number of ether oxygens (including phenoxy) is 1. The van der Waals surface area contributed by atoms with Gasteiger partial charge in [-0.05, 0) is 19.1 Å². The van der Waals surface area contributed by atoms with E-state index in [1.165, 1.54) is 12.1 Å². The molecule has 0 radical (unpaired) electrons. The lowest BCUT2D eigenvalue weighted by molar-refractivity contribution is -0.384. The molecule has 0 aliphatic heterocycles. The van der Waals surface area contributed by atoms with Crippen molar-refractivity contribution in [1.82, 2.24) is 0 Å². The Kier molecular flexibility index (Phi) is 4.05. The zero-order valence-electron chi connectivity index (χ0n) is 8.77. The molecule has 5 nitrogen and oxygen atoms in total. The van der Waals surface area contributed by atoms with Gasteiger partial charge in [0.25, 0.3) is 5.69 Å². The summed E-state index contributed by atoms with van der Waals surface area (Å²) in [6.45, 7) is 2.57. The Morgan fingerprint density at radius 2 is 2.07 bits per heavy atom. The molecule has 0 heterocycles. The molecule has 0 saturated carbocycles. The van der Waals surface area contributed by atoms with E-state index in [1.54, 1.807) is 19.2 Å². The highest BCUT2D eigenvalue weighted by atomic mass is 16.6. The summed E-state index contributed by atoms with van der Waals surface area (Å²) in [6.07, 6.45) is 0. The van der Waals surface area contributed by atoms with Crippen molar-refractivity contribution < 1.29 is 9.66 Å². The van der Waals surface area contributed by atoms with Gasteiger partial charge in [-0.1, -0.05) is 0 Å². The Bertz CT molecular complexity index is 324. The Labute approximate surface area is 88.2 Å². The minimum atomic E-state index is -0.414. The molecular weight excluding hydrogens is 196 g/mol. The molecule has 0 unspecified atom stereocenters. The number of hydrogen-bond acceptors (Lipinski definition) is 4. The number of nitro benzene ring substituents is 1. The molecule has 0 aliphatic rings. The standard InChI is InChI=1S/C10H14N2O3/c1-8(7-15-2)11-9-3-5-10(6-4-9)12(13)14/h3-6,8,11H,7H2,1-2H3/t8-/m0/s1. The van der Waals surface area contributed by atoms with Gasteiger partial charge in [-0.2, -0.15) is 0 Å². The van der Waals surface area contributed by atoms with E-state index in [-0.39, 0.29) is 11.7 Å². The predicted molar refractivity (Wildman–Crippen MR) is 58.1 cm³/mol. The third-order valence-electron chi connectivity index (χ3n) is 1.91. The van der Waals surface area contributed by atoms with Gasteiger partial charge < -0.3 is 10.1 Å². The largest absolute Gasteiger partial charge is 0.383 e. The summed E-state index contributed by atoms with van der Waals surface area (Å²) in [5.74, 6) is 0. The van der Waals surface area contributed by atoms with Crippen molar-refractivity contribution in [1.29, 1.82) is 0 Å². The normalized spacial score (nSPS) is 12.1. The highest BCUT2D eigenvalue weighted by molar-refractivity contribution is 5.48. The molecule has 0 aliphatic carbocycles. The Balaban J connectivity index is 2.60. The summed E-state index contributed by atoms with van der Waals surface area (Å²) in [7, 11) is 1.63. The first-order valence-corrected chi connectivity index (χ1v) is 4.63. The van der Waals surface area contributed by atoms with Crippen molar-refractivity contribution in [3.05, 3.63) is 34.4 Å². The van der Waals surface area contributed by atoms with Gasteiger partial charge in [0.15, 0.2) is 0 Å². The summed E-state index contributed by atoms with van der Waals surface area (Å²) >= 11 is 0. The quantitative estimate of drug-likeness (QED) is 0.596. The zero-order chi connectivity index (χ0) is 11.3. The maximum absolute atomic E-state index is 10.4. The first-order valence-electron chi connectivity index (χ1n) is 4.63. The summed E-state index contributed by atoms with van der Waals surface area (Å²) < 4.78 is 4.97. The second kappa shape index (κ2) is 5.31. The van der Waals surface area contributed by atoms with Crippen LogP contribution in [0.1, 0.15) is 6.92 Å². The summed E-state index contributed by atoms with van der Waals surface area (Å²) in [5.41, 5.74) is 0.949. The number of non-ortho nitro benzene ring substituents is 1. The fourth-order valence-electron chi connectivity index (χ4n) is 1.26. The number of nitrogens with zero attached hydrogens (tertiary/aromatic N) is 1. The van der Waals surface area contributed by atoms with Crippen LogP contribution in [-0.4, -0.2) is 24.7 Å². The number of methoxy groups -OCH3 is 1. The van der Waals surface area contributed by atoms with Crippen LogP contribution in [0.3, 0.4) is 0 Å². The van der Waals surface area contributed by atoms with Crippen molar-refractivity contribution in [2.45, 2.75) is 13.0 Å². The molecule has 1 aromatic rings. The average molecular weight is 210 g/mol. The van der Waals surface area contributed by atoms with Gasteiger partial charge in [0.05, 0.1) is 11.5 Å². The summed E-state index contributed by atoms with van der Waals surface area (Å²) in [6, 6.07) is 6.50. The fourth-order valence-corrected chi connectivity index (χ4v) is 1.26. The number of anilines is 1. The average Bonchev–Trinajstić information content (AvgIpc) is 2.18. The smallest absolute Gasteiger partial charge is 0.269 e. The molecule has 1 atom stereocenters. The molecule has 0 saturated heterocycles. The second-order valence-electron chi connectivity index (χ2n) is 3.30. The molecular formula is C10H14N2O3. The van der Waals surface area contributed by atoms with E-state index < -0.39 is 4.92 Å². The first kappa shape index (κ1) is 11.5. The molecule has 1 N–H and O–H groups in total. The van der Waals surface area contributed by atoms with Crippen LogP contribution in [-0.2, 0) is 4.74 Å². The lowest BCUT2D eigenvalue weighted by atomic mass is 10.2. The van der Waals surface area contributed by atoms with E-state index in [0.29, 0.717) is 6.61 Å². The zero-order valence-corrected chi connectivity index (χ0v) is 8.77. The lowest BCUT2D eigenvalue weighted by Gasteiger charge is -2.13. The summed E-state index contributed by atoms with van der Waals surface area (Å²) in [4.78, 5) is 9.99. The Morgan fingerprint density at radius 3 is 2.53 bits per heavy atom. The predicted octanol–water partition coefficient (Wildman–Crippen LogP) is 2.04. The minimum absolute atomic E-state index is 0.0972. The van der Waals surface area contributed by atoms with E-state index in [4.69, 9.17) is 4.74 Å². The number of nitro groups is 1.